The van der Waals surface area contributed by atoms with Gasteiger partial charge in [-0.3, -0.25) is 9.19 Å². The van der Waals surface area contributed by atoms with Crippen LogP contribution in [-0.2, 0) is 23.0 Å². The Hall–Kier alpha value is -4.55. The second-order valence-electron chi connectivity index (χ2n) is 10.5. The van der Waals surface area contributed by atoms with E-state index >= 15 is 0 Å². The van der Waals surface area contributed by atoms with Crippen molar-refractivity contribution >= 4 is 38.0 Å². The van der Waals surface area contributed by atoms with Crippen LogP contribution in [0.1, 0.15) is 40.6 Å². The second-order valence-corrected chi connectivity index (χ2v) is 11.9. The zero-order valence-corrected chi connectivity index (χ0v) is 25.0. The predicted molar refractivity (Wildman–Crippen MR) is 176 cm³/mol. The Kier molecular flexibility index (Phi) is 7.97. The summed E-state index contributed by atoms with van der Waals surface area (Å²) in [5.74, 6) is 0.404. The molecule has 5 nitrogen and oxygen atoms in total. The van der Waals surface area contributed by atoms with Gasteiger partial charge in [-0.2, -0.15) is 0 Å². The van der Waals surface area contributed by atoms with Crippen molar-refractivity contribution in [3.05, 3.63) is 148 Å². The van der Waals surface area contributed by atoms with E-state index in [1.165, 1.54) is 16.8 Å². The Morgan fingerprint density at radius 3 is 2.38 bits per heavy atom. The normalized spacial score (nSPS) is 14.9. The molecule has 1 unspecified atom stereocenters. The lowest BCUT2D eigenvalue weighted by Crippen LogP contribution is -2.17. The van der Waals surface area contributed by atoms with E-state index in [-0.39, 0.29) is 0 Å². The number of aliphatic imine (C=N–C) groups is 1. The number of nitrogens with one attached hydrogen (secondary N) is 2. The van der Waals surface area contributed by atoms with Crippen molar-refractivity contribution in [2.24, 2.45) is 4.99 Å². The van der Waals surface area contributed by atoms with Gasteiger partial charge in [0.05, 0.1) is 39.1 Å². The summed E-state index contributed by atoms with van der Waals surface area (Å²) in [6.45, 7) is 6.97. The summed E-state index contributed by atoms with van der Waals surface area (Å²) in [6.07, 6.45) is 4.86. The summed E-state index contributed by atoms with van der Waals surface area (Å²) in [4.78, 5) is 13.4. The number of nitrogens with zero attached hydrogens (tertiary/aromatic N) is 2. The number of fused-ring (bicyclic) bond motifs is 1. The molecule has 0 amide bonds. The highest BCUT2D eigenvalue weighted by Crippen LogP contribution is 2.36. The number of allylic oxidation sites excluding steroid dienone is 1. The van der Waals surface area contributed by atoms with E-state index < -0.39 is 10.8 Å². The third kappa shape index (κ3) is 5.50. The average Bonchev–Trinajstić information content (AvgIpc) is 3.57. The minimum atomic E-state index is -1.34. The van der Waals surface area contributed by atoms with Crippen LogP contribution in [0, 0.1) is 13.8 Å². The average molecular weight is 571 g/mol. The van der Waals surface area contributed by atoms with Gasteiger partial charge in [-0.05, 0) is 60.7 Å². The van der Waals surface area contributed by atoms with Crippen molar-refractivity contribution in [1.82, 2.24) is 9.97 Å². The first-order valence-corrected chi connectivity index (χ1v) is 15.6. The molecule has 1 aliphatic heterocycles. The molecule has 1 atom stereocenters. The smallest absolute Gasteiger partial charge is 0.133 e. The molecule has 5 aromatic rings. The van der Waals surface area contributed by atoms with Crippen LogP contribution in [0.5, 0.6) is 0 Å². The maximum Gasteiger partial charge on any atom is 0.133 e. The lowest BCUT2D eigenvalue weighted by atomic mass is 9.96. The number of anilines is 1. The molecule has 0 bridgehead atoms. The second kappa shape index (κ2) is 12.1. The zero-order valence-electron chi connectivity index (χ0n) is 24.1. The molecule has 6 rings (SSSR count). The van der Waals surface area contributed by atoms with E-state index in [9.17, 15) is 4.21 Å². The fourth-order valence-electron chi connectivity index (χ4n) is 5.72. The van der Waals surface area contributed by atoms with E-state index in [0.29, 0.717) is 17.3 Å². The number of aryl methyl sites for hydroxylation is 1. The van der Waals surface area contributed by atoms with Crippen LogP contribution in [0.15, 0.2) is 120 Å². The largest absolute Gasteiger partial charge is 0.379 e. The highest BCUT2D eigenvalue weighted by molar-refractivity contribution is 8.00. The summed E-state index contributed by atoms with van der Waals surface area (Å²) < 4.78 is 13.9. The maximum absolute atomic E-state index is 13.9. The van der Waals surface area contributed by atoms with Gasteiger partial charge in [-0.15, -0.1) is 0 Å². The van der Waals surface area contributed by atoms with Crippen LogP contribution >= 0.6 is 0 Å². The number of hydrogen-bond donors (Lipinski definition) is 2. The maximum atomic E-state index is 13.9. The highest BCUT2D eigenvalue weighted by Gasteiger charge is 2.26. The fourth-order valence-corrected chi connectivity index (χ4v) is 6.97. The Morgan fingerprint density at radius 2 is 1.64 bits per heavy atom. The molecule has 0 radical (unpaired) electrons. The first-order valence-electron chi connectivity index (χ1n) is 14.3. The summed E-state index contributed by atoms with van der Waals surface area (Å²) >= 11 is 0. The van der Waals surface area contributed by atoms with Gasteiger partial charge in [0.15, 0.2) is 0 Å². The van der Waals surface area contributed by atoms with E-state index in [1.807, 2.05) is 60.8 Å². The van der Waals surface area contributed by atoms with Gasteiger partial charge in [0.2, 0.25) is 0 Å². The fraction of sp³-hybridized carbons (Fsp3) is 0.167. The van der Waals surface area contributed by atoms with Crippen LogP contribution < -0.4 is 5.32 Å². The minimum Gasteiger partial charge on any atom is -0.379 e. The molecule has 0 saturated heterocycles. The predicted octanol–water partition coefficient (Wildman–Crippen LogP) is 7.90. The van der Waals surface area contributed by atoms with Gasteiger partial charge >= 0.3 is 0 Å². The number of H-pyrrole nitrogens is 1. The molecule has 0 spiro atoms. The molecule has 2 N–H and O–H groups in total. The Balaban J connectivity index is 1.47. The lowest BCUT2D eigenvalue weighted by molar-refractivity contribution is 0.689. The number of aromatic nitrogens is 2. The van der Waals surface area contributed by atoms with Gasteiger partial charge in [-0.25, -0.2) is 4.99 Å². The standard InChI is InChI=1S/C36H34N4OS/c1-4-30-24(2)34(39-25(30)3)33(27-15-9-6-10-16-27)32-21-29(36(40-32)42(41)23-26-13-7-5-8-14-26)22-38-31-19-11-17-28-18-12-20-37-35(28)31/h5-21,38-39H,4,22-23H2,1-3H3/b33-32-. The third-order valence-electron chi connectivity index (χ3n) is 7.78. The number of benzene rings is 3. The van der Waals surface area contributed by atoms with E-state index in [2.05, 4.69) is 78.5 Å². The minimum absolute atomic E-state index is 0.404. The summed E-state index contributed by atoms with van der Waals surface area (Å²) in [6, 6.07) is 30.4. The van der Waals surface area contributed by atoms with Crippen LogP contribution in [0.25, 0.3) is 16.5 Å². The molecule has 1 aliphatic rings. The van der Waals surface area contributed by atoms with Crippen molar-refractivity contribution in [3.8, 4) is 0 Å². The highest BCUT2D eigenvalue weighted by atomic mass is 32.2. The molecule has 210 valence electrons. The van der Waals surface area contributed by atoms with E-state index in [0.717, 1.165) is 56.7 Å². The Labute approximate surface area is 249 Å². The topological polar surface area (TPSA) is 70.1 Å². The van der Waals surface area contributed by atoms with E-state index in [1.54, 1.807) is 0 Å². The Bertz CT molecular complexity index is 1860. The van der Waals surface area contributed by atoms with Crippen LogP contribution in [0.3, 0.4) is 0 Å². The molecular weight excluding hydrogens is 536 g/mol. The van der Waals surface area contributed by atoms with Crippen molar-refractivity contribution in [3.63, 3.8) is 0 Å². The molecule has 0 saturated carbocycles. The van der Waals surface area contributed by atoms with Crippen molar-refractivity contribution in [2.45, 2.75) is 32.9 Å². The van der Waals surface area contributed by atoms with E-state index in [4.69, 9.17) is 4.99 Å². The summed E-state index contributed by atoms with van der Waals surface area (Å²) in [5.41, 5.74) is 11.5. The molecule has 3 heterocycles. The van der Waals surface area contributed by atoms with Crippen molar-refractivity contribution < 1.29 is 4.21 Å². The number of aromatic amines is 1. The molecule has 3 aromatic carbocycles. The molecule has 2 aromatic heterocycles. The van der Waals surface area contributed by atoms with Gasteiger partial charge < -0.3 is 10.3 Å². The van der Waals surface area contributed by atoms with Crippen molar-refractivity contribution in [2.75, 3.05) is 11.9 Å². The molecule has 6 heteroatoms. The summed E-state index contributed by atoms with van der Waals surface area (Å²) in [5, 5.41) is 5.26. The Morgan fingerprint density at radius 1 is 0.905 bits per heavy atom. The zero-order chi connectivity index (χ0) is 29.1. The summed E-state index contributed by atoms with van der Waals surface area (Å²) in [7, 11) is -1.34. The number of para-hydroxylation sites is 1. The first kappa shape index (κ1) is 27.6. The van der Waals surface area contributed by atoms with Crippen molar-refractivity contribution in [1.29, 1.82) is 0 Å². The first-order chi connectivity index (χ1) is 20.5. The number of rotatable bonds is 8. The number of hydrogen-bond acceptors (Lipinski definition) is 4. The molecular formula is C36H34N4OS. The van der Waals surface area contributed by atoms with Crippen LogP contribution in [0.4, 0.5) is 5.69 Å². The van der Waals surface area contributed by atoms with Gasteiger partial charge in [0, 0.05) is 35.0 Å². The van der Waals surface area contributed by atoms with Gasteiger partial charge in [0.1, 0.15) is 5.04 Å². The third-order valence-corrected chi connectivity index (χ3v) is 9.16. The monoisotopic (exact) mass is 570 g/mol. The molecule has 0 aliphatic carbocycles. The van der Waals surface area contributed by atoms with Crippen LogP contribution in [-0.4, -0.2) is 25.8 Å². The molecule has 42 heavy (non-hydrogen) atoms. The quantitative estimate of drug-likeness (QED) is 0.199. The number of pyridine rings is 1. The van der Waals surface area contributed by atoms with Crippen LogP contribution in [0.2, 0.25) is 0 Å². The lowest BCUT2D eigenvalue weighted by Gasteiger charge is -2.11. The van der Waals surface area contributed by atoms with Gasteiger partial charge in [-0.1, -0.05) is 85.8 Å². The molecule has 0 fully saturated rings. The SMILES string of the molecule is CCc1c(C)[nH]c(/C(=C2/C=C(CNc3cccc4cccnc34)C(S(=O)Cc3ccccc3)=N2)c2ccccc2)c1C. The van der Waals surface area contributed by atoms with Gasteiger partial charge in [0.25, 0.3) is 0 Å².